The van der Waals surface area contributed by atoms with E-state index in [2.05, 4.69) is 48.6 Å². The second-order valence-electron chi connectivity index (χ2n) is 2.01. The maximum Gasteiger partial charge on any atom is 0.154 e. The molecule has 2 rings (SSSR count). The zero-order valence-corrected chi connectivity index (χ0v) is 9.07. The Kier molecular flexibility index (Phi) is 1.84. The molecule has 0 saturated carbocycles. The molecular weight excluding hydrogens is 321 g/mol. The third-order valence-corrected chi connectivity index (χ3v) is 2.40. The number of fused-ring (bicyclic) bond motifs is 1. The zero-order chi connectivity index (χ0) is 7.84. The van der Waals surface area contributed by atoms with E-state index >= 15 is 0 Å². The van der Waals surface area contributed by atoms with Crippen LogP contribution in [0.25, 0.3) is 5.65 Å². The van der Waals surface area contributed by atoms with E-state index in [1.165, 1.54) is 0 Å². The predicted octanol–water partition coefficient (Wildman–Crippen LogP) is 2.10. The van der Waals surface area contributed by atoms with Gasteiger partial charge in [0.25, 0.3) is 0 Å². The summed E-state index contributed by atoms with van der Waals surface area (Å²) in [4.78, 5) is 4.11. The lowest BCUT2D eigenvalue weighted by Crippen LogP contribution is -1.92. The highest BCUT2D eigenvalue weighted by Crippen LogP contribution is 2.11. The Labute approximate surface area is 85.1 Å². The van der Waals surface area contributed by atoms with Crippen LogP contribution in [0, 0.1) is 3.70 Å². The molecule has 5 heteroatoms. The Balaban J connectivity index is 2.87. The van der Waals surface area contributed by atoms with Gasteiger partial charge < -0.3 is 0 Å². The van der Waals surface area contributed by atoms with Gasteiger partial charge in [0.2, 0.25) is 0 Å². The molecule has 0 aromatic carbocycles. The first-order chi connectivity index (χ1) is 5.27. The van der Waals surface area contributed by atoms with Crippen molar-refractivity contribution in [3.63, 3.8) is 0 Å². The Morgan fingerprint density at radius 1 is 1.45 bits per heavy atom. The summed E-state index contributed by atoms with van der Waals surface area (Å²) < 4.78 is 3.58. The molecule has 0 aliphatic heterocycles. The minimum atomic E-state index is 0.859. The smallest absolute Gasteiger partial charge is 0.154 e. The van der Waals surface area contributed by atoms with Crippen LogP contribution in [0.15, 0.2) is 22.9 Å². The number of halogens is 2. The Morgan fingerprint density at radius 3 is 3.09 bits per heavy atom. The van der Waals surface area contributed by atoms with E-state index in [-0.39, 0.29) is 0 Å². The molecule has 0 aliphatic carbocycles. The fraction of sp³-hybridized carbons (Fsp3) is 0. The minimum absolute atomic E-state index is 0.859. The molecular formula is C6H3BrIN3. The van der Waals surface area contributed by atoms with Crippen LogP contribution in [0.5, 0.6) is 0 Å². The van der Waals surface area contributed by atoms with Gasteiger partial charge in [-0.1, -0.05) is 0 Å². The van der Waals surface area contributed by atoms with Gasteiger partial charge in [-0.3, -0.25) is 0 Å². The lowest BCUT2D eigenvalue weighted by atomic mass is 10.6. The molecule has 0 atom stereocenters. The van der Waals surface area contributed by atoms with Crippen LogP contribution in [-0.2, 0) is 0 Å². The normalized spacial score (nSPS) is 10.7. The average molecular weight is 324 g/mol. The van der Waals surface area contributed by atoms with Crippen molar-refractivity contribution in [2.75, 3.05) is 0 Å². The van der Waals surface area contributed by atoms with Crippen LogP contribution in [0.3, 0.4) is 0 Å². The van der Waals surface area contributed by atoms with Crippen molar-refractivity contribution in [2.45, 2.75) is 0 Å². The maximum atomic E-state index is 4.23. The van der Waals surface area contributed by atoms with Crippen LogP contribution < -0.4 is 0 Å². The van der Waals surface area contributed by atoms with Crippen LogP contribution in [0.1, 0.15) is 0 Å². The number of hydrogen-bond donors (Lipinski definition) is 0. The first kappa shape index (κ1) is 7.48. The molecule has 11 heavy (non-hydrogen) atoms. The van der Waals surface area contributed by atoms with Gasteiger partial charge in [-0.15, -0.1) is 0 Å². The van der Waals surface area contributed by atoms with Gasteiger partial charge >= 0.3 is 0 Å². The first-order valence-corrected chi connectivity index (χ1v) is 4.80. The van der Waals surface area contributed by atoms with E-state index < -0.39 is 0 Å². The molecule has 2 aromatic rings. The Bertz CT molecular complexity index is 398. The van der Waals surface area contributed by atoms with Crippen LogP contribution in [-0.4, -0.2) is 14.6 Å². The highest BCUT2D eigenvalue weighted by atomic mass is 127. The molecule has 0 amide bonds. The molecule has 0 bridgehead atoms. The Hall–Kier alpha value is -0.170. The van der Waals surface area contributed by atoms with Crippen molar-refractivity contribution < 1.29 is 0 Å². The van der Waals surface area contributed by atoms with Crippen molar-refractivity contribution in [3.05, 3.63) is 26.6 Å². The van der Waals surface area contributed by atoms with E-state index in [0.29, 0.717) is 0 Å². The summed E-state index contributed by atoms with van der Waals surface area (Å²) in [5, 5.41) is 4.23. The van der Waals surface area contributed by atoms with Gasteiger partial charge in [0.1, 0.15) is 8.30 Å². The summed E-state index contributed by atoms with van der Waals surface area (Å²) in [6, 6.07) is 3.86. The van der Waals surface area contributed by atoms with Gasteiger partial charge in [0, 0.05) is 0 Å². The fourth-order valence-electron chi connectivity index (χ4n) is 0.823. The van der Waals surface area contributed by atoms with E-state index in [0.717, 1.165) is 14.0 Å². The summed E-state index contributed by atoms with van der Waals surface area (Å²) in [5.74, 6) is 0. The highest BCUT2D eigenvalue weighted by Gasteiger charge is 1.99. The van der Waals surface area contributed by atoms with Crippen molar-refractivity contribution in [1.29, 1.82) is 0 Å². The third-order valence-electron chi connectivity index (χ3n) is 1.29. The maximum absolute atomic E-state index is 4.23. The van der Waals surface area contributed by atoms with Gasteiger partial charge in [-0.25, -0.2) is 9.50 Å². The molecule has 56 valence electrons. The summed E-state index contributed by atoms with van der Waals surface area (Å²) in [7, 11) is 0. The van der Waals surface area contributed by atoms with Gasteiger partial charge in [0.05, 0.1) is 6.20 Å². The molecule has 0 radical (unpaired) electrons. The van der Waals surface area contributed by atoms with E-state index in [1.807, 2.05) is 12.1 Å². The molecule has 3 nitrogen and oxygen atoms in total. The molecule has 0 N–H and O–H groups in total. The number of nitrogens with zero attached hydrogens (tertiary/aromatic N) is 3. The Morgan fingerprint density at radius 2 is 2.27 bits per heavy atom. The fourth-order valence-corrected chi connectivity index (χ4v) is 1.58. The molecule has 0 aliphatic rings. The van der Waals surface area contributed by atoms with Crippen molar-refractivity contribution in [1.82, 2.24) is 14.6 Å². The SMILES string of the molecule is Brc1cnc2ccc(I)nn12. The van der Waals surface area contributed by atoms with E-state index in [1.54, 1.807) is 10.7 Å². The second kappa shape index (κ2) is 2.71. The minimum Gasteiger partial charge on any atom is -0.234 e. The van der Waals surface area contributed by atoms with Gasteiger partial charge in [0.15, 0.2) is 5.65 Å². The van der Waals surface area contributed by atoms with Gasteiger partial charge in [-0.2, -0.15) is 5.10 Å². The number of rotatable bonds is 0. The largest absolute Gasteiger partial charge is 0.234 e. The summed E-state index contributed by atoms with van der Waals surface area (Å²) in [6.07, 6.45) is 1.73. The molecule has 0 fully saturated rings. The molecule has 2 heterocycles. The summed E-state index contributed by atoms with van der Waals surface area (Å²) >= 11 is 5.50. The lowest BCUT2D eigenvalue weighted by molar-refractivity contribution is 0.895. The van der Waals surface area contributed by atoms with Crippen molar-refractivity contribution in [3.8, 4) is 0 Å². The zero-order valence-electron chi connectivity index (χ0n) is 5.33. The molecule has 0 saturated heterocycles. The topological polar surface area (TPSA) is 30.2 Å². The monoisotopic (exact) mass is 323 g/mol. The van der Waals surface area contributed by atoms with Gasteiger partial charge in [-0.05, 0) is 50.7 Å². The van der Waals surface area contributed by atoms with Crippen LogP contribution in [0.2, 0.25) is 0 Å². The standard InChI is InChI=1S/C6H3BrIN3/c7-4-3-9-6-2-1-5(8)10-11(4)6/h1-3H. The quantitative estimate of drug-likeness (QED) is 0.695. The third kappa shape index (κ3) is 1.26. The first-order valence-electron chi connectivity index (χ1n) is 2.93. The summed E-state index contributed by atoms with van der Waals surface area (Å²) in [6.45, 7) is 0. The number of hydrogen-bond acceptors (Lipinski definition) is 2. The van der Waals surface area contributed by atoms with Crippen LogP contribution in [0.4, 0.5) is 0 Å². The highest BCUT2D eigenvalue weighted by molar-refractivity contribution is 14.1. The van der Waals surface area contributed by atoms with Crippen molar-refractivity contribution >= 4 is 44.2 Å². The lowest BCUT2D eigenvalue weighted by Gasteiger charge is -1.92. The van der Waals surface area contributed by atoms with E-state index in [4.69, 9.17) is 0 Å². The van der Waals surface area contributed by atoms with E-state index in [9.17, 15) is 0 Å². The molecule has 0 spiro atoms. The number of aromatic nitrogens is 3. The second-order valence-corrected chi connectivity index (χ2v) is 3.92. The molecule has 0 unspecified atom stereocenters. The summed E-state index contributed by atoms with van der Waals surface area (Å²) in [5.41, 5.74) is 0.859. The predicted molar refractivity (Wildman–Crippen MR) is 53.4 cm³/mol. The average Bonchev–Trinajstić information content (AvgIpc) is 2.33. The van der Waals surface area contributed by atoms with Crippen LogP contribution >= 0.6 is 38.5 Å². The molecule has 2 aromatic heterocycles. The number of imidazole rings is 1. The van der Waals surface area contributed by atoms with Crippen molar-refractivity contribution in [2.24, 2.45) is 0 Å².